The van der Waals surface area contributed by atoms with Gasteiger partial charge in [-0.2, -0.15) is 0 Å². The molecule has 0 fully saturated rings. The van der Waals surface area contributed by atoms with Crippen molar-refractivity contribution in [3.05, 3.63) is 76.7 Å². The predicted molar refractivity (Wildman–Crippen MR) is 105 cm³/mol. The second-order valence-corrected chi connectivity index (χ2v) is 6.12. The van der Waals surface area contributed by atoms with Crippen molar-refractivity contribution in [2.45, 2.75) is 6.54 Å². The van der Waals surface area contributed by atoms with Gasteiger partial charge in [0.05, 0.1) is 29.3 Å². The Morgan fingerprint density at radius 2 is 1.96 bits per heavy atom. The Bertz CT molecular complexity index is 1030. The molecule has 0 bridgehead atoms. The Balaban J connectivity index is 1.74. The highest BCUT2D eigenvalue weighted by Gasteiger charge is 2.07. The molecule has 27 heavy (non-hydrogen) atoms. The predicted octanol–water partition coefficient (Wildman–Crippen LogP) is 1.72. The summed E-state index contributed by atoms with van der Waals surface area (Å²) in [6.45, 7) is 0.573. The first-order chi connectivity index (χ1) is 13.1. The number of nitrogens with two attached hydrogens (primary N) is 1. The molecule has 0 atom stereocenters. The van der Waals surface area contributed by atoms with Gasteiger partial charge in [-0.25, -0.2) is 14.8 Å². The topological polar surface area (TPSA) is 92.1 Å². The normalized spacial score (nSPS) is 11.9. The molecule has 0 spiro atoms. The maximum absolute atomic E-state index is 11.5. The van der Waals surface area contributed by atoms with Crippen LogP contribution in [0.5, 0.6) is 0 Å². The molecule has 136 valence electrons. The van der Waals surface area contributed by atoms with E-state index >= 15 is 0 Å². The summed E-state index contributed by atoms with van der Waals surface area (Å²) in [6.07, 6.45) is 5.04. The van der Waals surface area contributed by atoms with Gasteiger partial charge in [-0.05, 0) is 30.3 Å². The van der Waals surface area contributed by atoms with Crippen LogP contribution in [-0.2, 0) is 11.3 Å². The van der Waals surface area contributed by atoms with Crippen molar-refractivity contribution in [3.63, 3.8) is 0 Å². The zero-order valence-corrected chi connectivity index (χ0v) is 15.4. The number of pyridine rings is 2. The molecule has 0 saturated heterocycles. The van der Waals surface area contributed by atoms with Gasteiger partial charge in [-0.15, -0.1) is 0 Å². The second kappa shape index (κ2) is 8.42. The van der Waals surface area contributed by atoms with E-state index in [0.717, 1.165) is 22.2 Å². The lowest BCUT2D eigenvalue weighted by Gasteiger charge is -2.02. The Labute approximate surface area is 161 Å². The summed E-state index contributed by atoms with van der Waals surface area (Å²) < 4.78 is 4.69. The van der Waals surface area contributed by atoms with Gasteiger partial charge >= 0.3 is 5.97 Å². The molecule has 0 radical (unpaired) electrons. The Kier molecular flexibility index (Phi) is 5.78. The number of halogens is 1. The summed E-state index contributed by atoms with van der Waals surface area (Å²) >= 11 is 5.95. The number of carbonyl (C=O) groups is 1. The zero-order valence-electron chi connectivity index (χ0n) is 14.6. The van der Waals surface area contributed by atoms with Crippen molar-refractivity contribution in [1.29, 1.82) is 0 Å². The summed E-state index contributed by atoms with van der Waals surface area (Å²) in [5.74, 6) is -0.355. The Hall–Kier alpha value is -3.25. The first-order valence-electron chi connectivity index (χ1n) is 8.19. The SMILES string of the molecule is COC(=O)c1ccc(C[NH+]=CC(=CN)c2cnc3ccc(Cl)nc3c2)cc1. The number of nitrogens with one attached hydrogen (secondary N) is 1. The minimum Gasteiger partial charge on any atom is -0.465 e. The van der Waals surface area contributed by atoms with Gasteiger partial charge in [0.25, 0.3) is 0 Å². The minimum atomic E-state index is -0.355. The van der Waals surface area contributed by atoms with E-state index in [-0.39, 0.29) is 5.97 Å². The van der Waals surface area contributed by atoms with Crippen LogP contribution in [0.15, 0.2) is 54.9 Å². The van der Waals surface area contributed by atoms with Crippen LogP contribution in [0.1, 0.15) is 21.5 Å². The average molecular weight is 382 g/mol. The third-order valence-corrected chi connectivity index (χ3v) is 4.17. The second-order valence-electron chi connectivity index (χ2n) is 5.73. The number of aromatic nitrogens is 2. The fourth-order valence-electron chi connectivity index (χ4n) is 2.52. The van der Waals surface area contributed by atoms with Crippen LogP contribution in [0.2, 0.25) is 5.15 Å². The highest BCUT2D eigenvalue weighted by atomic mass is 35.5. The quantitative estimate of drug-likeness (QED) is 0.399. The summed E-state index contributed by atoms with van der Waals surface area (Å²) in [5.41, 5.74) is 10.4. The van der Waals surface area contributed by atoms with Gasteiger partial charge < -0.3 is 10.5 Å². The molecular weight excluding hydrogens is 364 g/mol. The lowest BCUT2D eigenvalue weighted by Crippen LogP contribution is -2.67. The molecule has 3 aromatic rings. The van der Waals surface area contributed by atoms with Crippen molar-refractivity contribution in [1.82, 2.24) is 9.97 Å². The number of fused-ring (bicyclic) bond motifs is 1. The lowest BCUT2D eigenvalue weighted by atomic mass is 10.1. The standard InChI is InChI=1S/C20H17ClN4O2/c1-27-20(26)14-4-2-13(3-5-14)10-23-11-16(9-22)15-8-18-17(24-12-15)6-7-19(21)25-18/h2-9,11-12H,10,22H2,1H3/p+1. The van der Waals surface area contributed by atoms with E-state index in [1.54, 1.807) is 24.4 Å². The van der Waals surface area contributed by atoms with E-state index < -0.39 is 0 Å². The number of methoxy groups -OCH3 is 1. The number of esters is 1. The summed E-state index contributed by atoms with van der Waals surface area (Å²) in [6, 6.07) is 12.6. The molecular formula is C20H18ClN4O2+. The number of ether oxygens (including phenoxy) is 1. The number of hydrogen-bond donors (Lipinski definition) is 2. The van der Waals surface area contributed by atoms with E-state index in [1.807, 2.05) is 30.5 Å². The molecule has 0 saturated carbocycles. The molecule has 6 nitrogen and oxygen atoms in total. The summed E-state index contributed by atoms with van der Waals surface area (Å²) in [4.78, 5) is 23.3. The van der Waals surface area contributed by atoms with Crippen molar-refractivity contribution in [2.75, 3.05) is 7.11 Å². The van der Waals surface area contributed by atoms with Crippen LogP contribution >= 0.6 is 11.6 Å². The minimum absolute atomic E-state index is 0.355. The largest absolute Gasteiger partial charge is 0.465 e. The average Bonchev–Trinajstić information content (AvgIpc) is 2.70. The molecule has 7 heteroatoms. The molecule has 2 aromatic heterocycles. The van der Waals surface area contributed by atoms with Gasteiger partial charge in [0, 0.05) is 23.5 Å². The van der Waals surface area contributed by atoms with Crippen molar-refractivity contribution in [2.24, 2.45) is 5.73 Å². The smallest absolute Gasteiger partial charge is 0.337 e. The maximum Gasteiger partial charge on any atom is 0.337 e. The zero-order chi connectivity index (χ0) is 19.2. The van der Waals surface area contributed by atoms with Crippen LogP contribution in [0.25, 0.3) is 16.6 Å². The molecule has 0 unspecified atom stereocenters. The lowest BCUT2D eigenvalue weighted by molar-refractivity contribution is -0.468. The third kappa shape index (κ3) is 4.48. The van der Waals surface area contributed by atoms with Crippen LogP contribution in [0.4, 0.5) is 0 Å². The van der Waals surface area contributed by atoms with E-state index in [2.05, 4.69) is 19.7 Å². The fraction of sp³-hybridized carbons (Fsp3) is 0.100. The van der Waals surface area contributed by atoms with Crippen LogP contribution in [0, 0.1) is 0 Å². The number of hydrogen-bond acceptors (Lipinski definition) is 5. The van der Waals surface area contributed by atoms with Gasteiger partial charge in [0.15, 0.2) is 12.8 Å². The highest BCUT2D eigenvalue weighted by molar-refractivity contribution is 6.29. The molecule has 0 aliphatic heterocycles. The van der Waals surface area contributed by atoms with E-state index in [4.69, 9.17) is 17.3 Å². The van der Waals surface area contributed by atoms with Crippen LogP contribution < -0.4 is 10.7 Å². The molecule has 0 aliphatic rings. The number of carbonyl (C=O) groups excluding carboxylic acids is 1. The first-order valence-corrected chi connectivity index (χ1v) is 8.57. The van der Waals surface area contributed by atoms with Crippen molar-refractivity contribution >= 4 is 40.4 Å². The van der Waals surface area contributed by atoms with Crippen molar-refractivity contribution in [3.8, 4) is 0 Å². The molecule has 0 aliphatic carbocycles. The molecule has 3 rings (SSSR count). The molecule has 0 amide bonds. The van der Waals surface area contributed by atoms with Crippen LogP contribution in [0.3, 0.4) is 0 Å². The maximum atomic E-state index is 11.5. The Morgan fingerprint density at radius 3 is 2.67 bits per heavy atom. The molecule has 3 N–H and O–H groups in total. The Morgan fingerprint density at radius 1 is 1.19 bits per heavy atom. The summed E-state index contributed by atoms with van der Waals surface area (Å²) in [7, 11) is 1.36. The van der Waals surface area contributed by atoms with Gasteiger partial charge in [0.1, 0.15) is 5.15 Å². The molecule has 1 aromatic carbocycles. The monoisotopic (exact) mass is 381 g/mol. The fourth-order valence-corrected chi connectivity index (χ4v) is 2.68. The highest BCUT2D eigenvalue weighted by Crippen LogP contribution is 2.17. The number of nitrogens with zero attached hydrogens (tertiary/aromatic N) is 2. The van der Waals surface area contributed by atoms with E-state index in [1.165, 1.54) is 13.3 Å². The first kappa shape index (κ1) is 18.5. The summed E-state index contributed by atoms with van der Waals surface area (Å²) in [5, 5.41) is 0.414. The number of rotatable bonds is 5. The van der Waals surface area contributed by atoms with Crippen LogP contribution in [-0.4, -0.2) is 29.3 Å². The number of allylic oxidation sites excluding steroid dienone is 1. The van der Waals surface area contributed by atoms with E-state index in [9.17, 15) is 4.79 Å². The van der Waals surface area contributed by atoms with Gasteiger partial charge in [-0.3, -0.25) is 4.98 Å². The van der Waals surface area contributed by atoms with Crippen molar-refractivity contribution < 1.29 is 14.5 Å². The van der Waals surface area contributed by atoms with E-state index in [0.29, 0.717) is 22.8 Å². The molecule has 2 heterocycles. The third-order valence-electron chi connectivity index (χ3n) is 3.96. The van der Waals surface area contributed by atoms with Gasteiger partial charge in [-0.1, -0.05) is 23.7 Å². The number of benzene rings is 1. The van der Waals surface area contributed by atoms with Gasteiger partial charge in [0.2, 0.25) is 0 Å².